The first-order chi connectivity index (χ1) is 6.79. The van der Waals surface area contributed by atoms with E-state index < -0.39 is 0 Å². The number of phenols is 1. The molecule has 1 heterocycles. The summed E-state index contributed by atoms with van der Waals surface area (Å²) < 4.78 is 0. The summed E-state index contributed by atoms with van der Waals surface area (Å²) in [5.74, 6) is 1.57. The second-order valence-electron chi connectivity index (χ2n) is 4.14. The van der Waals surface area contributed by atoms with Crippen LogP contribution in [0.4, 0.5) is 0 Å². The SMILES string of the molecule is CC1CNCCC1c1ccccc1O. The number of benzene rings is 1. The first-order valence-electron chi connectivity index (χ1n) is 5.27. The zero-order chi connectivity index (χ0) is 9.97. The third kappa shape index (κ3) is 1.75. The minimum absolute atomic E-state index is 0.450. The van der Waals surface area contributed by atoms with Gasteiger partial charge in [0, 0.05) is 0 Å². The van der Waals surface area contributed by atoms with Gasteiger partial charge in [-0.3, -0.25) is 0 Å². The first-order valence-corrected chi connectivity index (χ1v) is 5.27. The van der Waals surface area contributed by atoms with Crippen LogP contribution in [0.15, 0.2) is 24.3 Å². The average Bonchev–Trinajstić information content (AvgIpc) is 2.20. The molecular weight excluding hydrogens is 174 g/mol. The van der Waals surface area contributed by atoms with E-state index in [1.807, 2.05) is 18.2 Å². The van der Waals surface area contributed by atoms with Crippen molar-refractivity contribution in [2.45, 2.75) is 19.3 Å². The highest BCUT2D eigenvalue weighted by atomic mass is 16.3. The molecule has 2 heteroatoms. The van der Waals surface area contributed by atoms with Gasteiger partial charge in [-0.1, -0.05) is 25.1 Å². The van der Waals surface area contributed by atoms with Gasteiger partial charge in [0.15, 0.2) is 0 Å². The number of piperidine rings is 1. The van der Waals surface area contributed by atoms with Crippen molar-refractivity contribution in [2.75, 3.05) is 13.1 Å². The second-order valence-corrected chi connectivity index (χ2v) is 4.14. The van der Waals surface area contributed by atoms with Gasteiger partial charge in [0.1, 0.15) is 5.75 Å². The average molecular weight is 191 g/mol. The quantitative estimate of drug-likeness (QED) is 0.712. The van der Waals surface area contributed by atoms with Gasteiger partial charge in [0.05, 0.1) is 0 Å². The largest absolute Gasteiger partial charge is 0.508 e. The molecular formula is C12H17NO. The predicted octanol–water partition coefficient (Wildman–Crippen LogP) is 2.11. The molecule has 2 rings (SSSR count). The van der Waals surface area contributed by atoms with Crippen molar-refractivity contribution in [1.29, 1.82) is 0 Å². The Labute approximate surface area is 85.0 Å². The van der Waals surface area contributed by atoms with Crippen LogP contribution in [-0.4, -0.2) is 18.2 Å². The second kappa shape index (κ2) is 4.01. The van der Waals surface area contributed by atoms with Crippen molar-refractivity contribution >= 4 is 0 Å². The highest BCUT2D eigenvalue weighted by Gasteiger charge is 2.24. The maximum atomic E-state index is 9.76. The molecule has 0 aromatic heterocycles. The molecule has 2 atom stereocenters. The standard InChI is InChI=1S/C12H17NO/c1-9-8-13-7-6-10(9)11-4-2-3-5-12(11)14/h2-5,9-10,13-14H,6-8H2,1H3. The number of hydrogen-bond acceptors (Lipinski definition) is 2. The van der Waals surface area contributed by atoms with Crippen molar-refractivity contribution in [1.82, 2.24) is 5.32 Å². The maximum absolute atomic E-state index is 9.76. The summed E-state index contributed by atoms with van der Waals surface area (Å²) in [4.78, 5) is 0. The third-order valence-corrected chi connectivity index (χ3v) is 3.12. The Morgan fingerprint density at radius 1 is 1.36 bits per heavy atom. The van der Waals surface area contributed by atoms with Crippen molar-refractivity contribution < 1.29 is 5.11 Å². The Balaban J connectivity index is 2.25. The lowest BCUT2D eigenvalue weighted by Gasteiger charge is -2.30. The molecule has 0 aliphatic carbocycles. The monoisotopic (exact) mass is 191 g/mol. The minimum Gasteiger partial charge on any atom is -0.508 e. The van der Waals surface area contributed by atoms with Crippen LogP contribution in [0.2, 0.25) is 0 Å². The van der Waals surface area contributed by atoms with E-state index in [9.17, 15) is 5.11 Å². The van der Waals surface area contributed by atoms with E-state index in [0.717, 1.165) is 25.1 Å². The van der Waals surface area contributed by atoms with Gasteiger partial charge in [-0.2, -0.15) is 0 Å². The number of nitrogens with one attached hydrogen (secondary N) is 1. The summed E-state index contributed by atoms with van der Waals surface area (Å²) >= 11 is 0. The van der Waals surface area contributed by atoms with Crippen LogP contribution in [0.1, 0.15) is 24.8 Å². The molecule has 1 saturated heterocycles. The van der Waals surface area contributed by atoms with Crippen molar-refractivity contribution in [2.24, 2.45) is 5.92 Å². The highest BCUT2D eigenvalue weighted by molar-refractivity contribution is 5.35. The van der Waals surface area contributed by atoms with Gasteiger partial charge < -0.3 is 10.4 Å². The molecule has 0 radical (unpaired) electrons. The van der Waals surface area contributed by atoms with Gasteiger partial charge in [0.25, 0.3) is 0 Å². The predicted molar refractivity (Wildman–Crippen MR) is 57.5 cm³/mol. The van der Waals surface area contributed by atoms with E-state index in [2.05, 4.69) is 12.2 Å². The Morgan fingerprint density at radius 2 is 2.14 bits per heavy atom. The molecule has 0 saturated carbocycles. The normalized spacial score (nSPS) is 27.5. The first kappa shape index (κ1) is 9.53. The summed E-state index contributed by atoms with van der Waals surface area (Å²) in [6, 6.07) is 7.71. The Kier molecular flexibility index (Phi) is 2.73. The molecule has 76 valence electrons. The lowest BCUT2D eigenvalue weighted by atomic mass is 9.82. The summed E-state index contributed by atoms with van der Waals surface area (Å²) in [5, 5.41) is 13.1. The molecule has 0 bridgehead atoms. The van der Waals surface area contributed by atoms with Crippen LogP contribution in [0.5, 0.6) is 5.75 Å². The number of aromatic hydroxyl groups is 1. The highest BCUT2D eigenvalue weighted by Crippen LogP contribution is 2.34. The zero-order valence-corrected chi connectivity index (χ0v) is 8.53. The molecule has 0 amide bonds. The molecule has 1 aromatic carbocycles. The summed E-state index contributed by atoms with van der Waals surface area (Å²) in [6.45, 7) is 4.35. The maximum Gasteiger partial charge on any atom is 0.119 e. The van der Waals surface area contributed by atoms with Crippen LogP contribution in [0, 0.1) is 5.92 Å². The molecule has 1 aliphatic rings. The molecule has 1 fully saturated rings. The molecule has 2 nitrogen and oxygen atoms in total. The van der Waals surface area contributed by atoms with Crippen molar-refractivity contribution in [3.8, 4) is 5.75 Å². The van der Waals surface area contributed by atoms with Gasteiger partial charge in [-0.25, -0.2) is 0 Å². The van der Waals surface area contributed by atoms with Gasteiger partial charge in [0.2, 0.25) is 0 Å². The molecule has 2 N–H and O–H groups in total. The summed E-state index contributed by atoms with van der Waals surface area (Å²) in [6.07, 6.45) is 1.12. The number of para-hydroxylation sites is 1. The van der Waals surface area contributed by atoms with E-state index in [0.29, 0.717) is 17.6 Å². The van der Waals surface area contributed by atoms with Crippen LogP contribution in [0.25, 0.3) is 0 Å². The smallest absolute Gasteiger partial charge is 0.119 e. The van der Waals surface area contributed by atoms with E-state index >= 15 is 0 Å². The van der Waals surface area contributed by atoms with Crippen LogP contribution < -0.4 is 5.32 Å². The van der Waals surface area contributed by atoms with E-state index in [1.165, 1.54) is 0 Å². The van der Waals surface area contributed by atoms with E-state index in [-0.39, 0.29) is 0 Å². The fourth-order valence-corrected chi connectivity index (χ4v) is 2.28. The lowest BCUT2D eigenvalue weighted by molar-refractivity contribution is 0.339. The minimum atomic E-state index is 0.450. The van der Waals surface area contributed by atoms with Crippen molar-refractivity contribution in [3.63, 3.8) is 0 Å². The Hall–Kier alpha value is -1.02. The lowest BCUT2D eigenvalue weighted by Crippen LogP contribution is -2.33. The van der Waals surface area contributed by atoms with Crippen molar-refractivity contribution in [3.05, 3.63) is 29.8 Å². The summed E-state index contributed by atoms with van der Waals surface area (Å²) in [7, 11) is 0. The fourth-order valence-electron chi connectivity index (χ4n) is 2.28. The van der Waals surface area contributed by atoms with Gasteiger partial charge >= 0.3 is 0 Å². The van der Waals surface area contributed by atoms with Gasteiger partial charge in [-0.05, 0) is 43.0 Å². The molecule has 0 spiro atoms. The topological polar surface area (TPSA) is 32.3 Å². The fraction of sp³-hybridized carbons (Fsp3) is 0.500. The van der Waals surface area contributed by atoms with Crippen LogP contribution in [-0.2, 0) is 0 Å². The Morgan fingerprint density at radius 3 is 2.86 bits per heavy atom. The number of rotatable bonds is 1. The molecule has 1 aliphatic heterocycles. The van der Waals surface area contributed by atoms with Crippen LogP contribution in [0.3, 0.4) is 0 Å². The van der Waals surface area contributed by atoms with Crippen LogP contribution >= 0.6 is 0 Å². The molecule has 1 aromatic rings. The van der Waals surface area contributed by atoms with E-state index in [4.69, 9.17) is 0 Å². The summed E-state index contributed by atoms with van der Waals surface area (Å²) in [5.41, 5.74) is 1.11. The number of hydrogen-bond donors (Lipinski definition) is 2. The van der Waals surface area contributed by atoms with Gasteiger partial charge in [-0.15, -0.1) is 0 Å². The molecule has 2 unspecified atom stereocenters. The zero-order valence-electron chi connectivity index (χ0n) is 8.53. The third-order valence-electron chi connectivity index (χ3n) is 3.12. The number of phenolic OH excluding ortho intramolecular Hbond substituents is 1. The Bertz CT molecular complexity index is 311. The van der Waals surface area contributed by atoms with E-state index in [1.54, 1.807) is 6.07 Å². The molecule has 14 heavy (non-hydrogen) atoms.